The Hall–Kier alpha value is -2.83. The van der Waals surface area contributed by atoms with E-state index in [0.717, 1.165) is 18.4 Å². The lowest BCUT2D eigenvalue weighted by Gasteiger charge is -2.03. The number of carbonyl (C=O) groups is 2. The first-order valence-electron chi connectivity index (χ1n) is 7.74. The maximum atomic E-state index is 12.0. The molecule has 7 nitrogen and oxygen atoms in total. The predicted octanol–water partition coefficient (Wildman–Crippen LogP) is 2.00. The molecule has 2 rings (SSSR count). The lowest BCUT2D eigenvalue weighted by atomic mass is 10.1. The highest BCUT2D eigenvalue weighted by Gasteiger charge is 2.13. The number of benzene rings is 1. The zero-order valence-corrected chi connectivity index (χ0v) is 13.8. The van der Waals surface area contributed by atoms with Crippen molar-refractivity contribution in [2.75, 3.05) is 20.2 Å². The van der Waals surface area contributed by atoms with Crippen molar-refractivity contribution in [3.63, 3.8) is 0 Å². The first-order valence-corrected chi connectivity index (χ1v) is 7.74. The van der Waals surface area contributed by atoms with E-state index in [-0.39, 0.29) is 17.5 Å². The molecule has 2 N–H and O–H groups in total. The monoisotopic (exact) mass is 331 g/mol. The molecule has 0 unspecified atom stereocenters. The van der Waals surface area contributed by atoms with Crippen molar-refractivity contribution < 1.29 is 18.8 Å². The van der Waals surface area contributed by atoms with Crippen LogP contribution in [-0.4, -0.2) is 37.2 Å². The Morgan fingerprint density at radius 1 is 1.17 bits per heavy atom. The smallest absolute Gasteiger partial charge is 0.273 e. The second-order valence-electron chi connectivity index (χ2n) is 5.25. The molecule has 2 aromatic rings. The molecule has 1 heterocycles. The molecule has 0 saturated carbocycles. The lowest BCUT2D eigenvalue weighted by molar-refractivity contribution is -0.118. The summed E-state index contributed by atoms with van der Waals surface area (Å²) in [5.41, 5.74) is 1.02. The molecule has 2 amide bonds. The average Bonchev–Trinajstić information content (AvgIpc) is 3.08. The molecular formula is C17H21N3O4. The number of carbonyl (C=O) groups excluding carboxylic acids is 2. The summed E-state index contributed by atoms with van der Waals surface area (Å²) in [4.78, 5) is 22.7. The lowest BCUT2D eigenvalue weighted by Crippen LogP contribution is -2.26. The van der Waals surface area contributed by atoms with Gasteiger partial charge in [0.25, 0.3) is 5.91 Å². The van der Waals surface area contributed by atoms with Crippen LogP contribution in [0.2, 0.25) is 0 Å². The Bertz CT molecular complexity index is 697. The SMILES string of the molecule is COc1cccc(-c2cc(C(=O)NCCCCNC(C)=O)no2)c1. The molecule has 0 aliphatic heterocycles. The summed E-state index contributed by atoms with van der Waals surface area (Å²) < 4.78 is 10.4. The minimum atomic E-state index is -0.285. The van der Waals surface area contributed by atoms with Crippen LogP contribution >= 0.6 is 0 Å². The zero-order valence-electron chi connectivity index (χ0n) is 13.8. The Labute approximate surface area is 140 Å². The summed E-state index contributed by atoms with van der Waals surface area (Å²) >= 11 is 0. The van der Waals surface area contributed by atoms with Crippen molar-refractivity contribution in [3.8, 4) is 17.1 Å². The Kier molecular flexibility index (Phi) is 6.36. The average molecular weight is 331 g/mol. The van der Waals surface area contributed by atoms with E-state index >= 15 is 0 Å². The van der Waals surface area contributed by atoms with Gasteiger partial charge in [0, 0.05) is 31.6 Å². The number of hydrogen-bond acceptors (Lipinski definition) is 5. The van der Waals surface area contributed by atoms with E-state index in [4.69, 9.17) is 9.26 Å². The minimum absolute atomic E-state index is 0.0493. The third-order valence-electron chi connectivity index (χ3n) is 3.36. The maximum Gasteiger partial charge on any atom is 0.273 e. The van der Waals surface area contributed by atoms with Crippen LogP contribution in [0.5, 0.6) is 5.75 Å². The molecule has 1 aromatic heterocycles. The molecule has 1 aromatic carbocycles. The number of aromatic nitrogens is 1. The third-order valence-corrected chi connectivity index (χ3v) is 3.36. The van der Waals surface area contributed by atoms with Gasteiger partial charge < -0.3 is 19.9 Å². The van der Waals surface area contributed by atoms with Gasteiger partial charge in [-0.25, -0.2) is 0 Å². The van der Waals surface area contributed by atoms with Crippen molar-refractivity contribution in [1.29, 1.82) is 0 Å². The van der Waals surface area contributed by atoms with E-state index in [1.54, 1.807) is 13.2 Å². The first-order chi connectivity index (χ1) is 11.6. The normalized spacial score (nSPS) is 10.2. The Morgan fingerprint density at radius 2 is 1.92 bits per heavy atom. The molecular weight excluding hydrogens is 310 g/mol. The quantitative estimate of drug-likeness (QED) is 0.722. The van der Waals surface area contributed by atoms with Gasteiger partial charge in [0.05, 0.1) is 7.11 Å². The van der Waals surface area contributed by atoms with Gasteiger partial charge in [-0.1, -0.05) is 17.3 Å². The van der Waals surface area contributed by atoms with Crippen LogP contribution in [0.15, 0.2) is 34.9 Å². The molecule has 0 atom stereocenters. The summed E-state index contributed by atoms with van der Waals surface area (Å²) in [7, 11) is 1.59. The molecule has 0 fully saturated rings. The largest absolute Gasteiger partial charge is 0.497 e. The van der Waals surface area contributed by atoms with E-state index in [1.165, 1.54) is 6.92 Å². The van der Waals surface area contributed by atoms with E-state index in [9.17, 15) is 9.59 Å². The highest BCUT2D eigenvalue weighted by Crippen LogP contribution is 2.24. The van der Waals surface area contributed by atoms with Crippen LogP contribution in [0, 0.1) is 0 Å². The summed E-state index contributed by atoms with van der Waals surface area (Å²) in [5.74, 6) is 0.873. The second kappa shape index (κ2) is 8.71. The topological polar surface area (TPSA) is 93.5 Å². The van der Waals surface area contributed by atoms with Gasteiger partial charge in [-0.3, -0.25) is 9.59 Å². The van der Waals surface area contributed by atoms with Crippen LogP contribution in [-0.2, 0) is 4.79 Å². The number of unbranched alkanes of at least 4 members (excludes halogenated alkanes) is 1. The molecule has 0 aliphatic rings. The molecule has 7 heteroatoms. The summed E-state index contributed by atoms with van der Waals surface area (Å²) in [6.07, 6.45) is 1.57. The van der Waals surface area contributed by atoms with Gasteiger partial charge in [0.1, 0.15) is 5.75 Å². The van der Waals surface area contributed by atoms with Crippen LogP contribution in [0.4, 0.5) is 0 Å². The van der Waals surface area contributed by atoms with E-state index in [1.807, 2.05) is 24.3 Å². The summed E-state index contributed by atoms with van der Waals surface area (Å²) in [6.45, 7) is 2.60. The molecule has 24 heavy (non-hydrogen) atoms. The van der Waals surface area contributed by atoms with Crippen LogP contribution < -0.4 is 15.4 Å². The number of hydrogen-bond donors (Lipinski definition) is 2. The van der Waals surface area contributed by atoms with Crippen LogP contribution in [0.25, 0.3) is 11.3 Å². The molecule has 0 aliphatic carbocycles. The summed E-state index contributed by atoms with van der Waals surface area (Å²) in [6, 6.07) is 8.93. The molecule has 0 saturated heterocycles. The molecule has 0 spiro atoms. The maximum absolute atomic E-state index is 12.0. The van der Waals surface area contributed by atoms with Crippen molar-refractivity contribution >= 4 is 11.8 Å². The predicted molar refractivity (Wildman–Crippen MR) is 88.7 cm³/mol. The zero-order chi connectivity index (χ0) is 17.4. The number of ether oxygens (including phenoxy) is 1. The Morgan fingerprint density at radius 3 is 2.62 bits per heavy atom. The standard InChI is InChI=1S/C17H21N3O4/c1-12(21)18-8-3-4-9-19-17(22)15-11-16(24-20-15)13-6-5-7-14(10-13)23-2/h5-7,10-11H,3-4,8-9H2,1-2H3,(H,18,21)(H,19,22). The van der Waals surface area contributed by atoms with E-state index in [0.29, 0.717) is 24.6 Å². The molecule has 0 bridgehead atoms. The second-order valence-corrected chi connectivity index (χ2v) is 5.25. The highest BCUT2D eigenvalue weighted by molar-refractivity contribution is 5.93. The van der Waals surface area contributed by atoms with Gasteiger partial charge >= 0.3 is 0 Å². The molecule has 128 valence electrons. The van der Waals surface area contributed by atoms with Crippen molar-refractivity contribution in [2.24, 2.45) is 0 Å². The summed E-state index contributed by atoms with van der Waals surface area (Å²) in [5, 5.41) is 9.28. The van der Waals surface area contributed by atoms with Crippen molar-refractivity contribution in [2.45, 2.75) is 19.8 Å². The number of methoxy groups -OCH3 is 1. The van der Waals surface area contributed by atoms with Gasteiger partial charge in [-0.2, -0.15) is 0 Å². The van der Waals surface area contributed by atoms with Gasteiger partial charge in [0.15, 0.2) is 11.5 Å². The number of amides is 2. The highest BCUT2D eigenvalue weighted by atomic mass is 16.5. The fraction of sp³-hybridized carbons (Fsp3) is 0.353. The third kappa shape index (κ3) is 5.12. The van der Waals surface area contributed by atoms with Crippen LogP contribution in [0.3, 0.4) is 0 Å². The van der Waals surface area contributed by atoms with Gasteiger partial charge in [-0.15, -0.1) is 0 Å². The van der Waals surface area contributed by atoms with Crippen molar-refractivity contribution in [3.05, 3.63) is 36.0 Å². The molecule has 0 radical (unpaired) electrons. The van der Waals surface area contributed by atoms with Crippen molar-refractivity contribution in [1.82, 2.24) is 15.8 Å². The van der Waals surface area contributed by atoms with E-state index in [2.05, 4.69) is 15.8 Å². The minimum Gasteiger partial charge on any atom is -0.497 e. The van der Waals surface area contributed by atoms with E-state index < -0.39 is 0 Å². The number of rotatable bonds is 8. The fourth-order valence-electron chi connectivity index (χ4n) is 2.10. The Balaban J connectivity index is 1.83. The number of nitrogens with zero attached hydrogens (tertiary/aromatic N) is 1. The van der Waals surface area contributed by atoms with Crippen LogP contribution in [0.1, 0.15) is 30.3 Å². The fourth-order valence-corrected chi connectivity index (χ4v) is 2.10. The first kappa shape index (κ1) is 17.5. The van der Waals surface area contributed by atoms with Gasteiger partial charge in [-0.05, 0) is 25.0 Å². The van der Waals surface area contributed by atoms with Gasteiger partial charge in [0.2, 0.25) is 5.91 Å². The number of nitrogens with one attached hydrogen (secondary N) is 2.